The maximum absolute atomic E-state index is 12.6. The van der Waals surface area contributed by atoms with Crippen LogP contribution >= 0.6 is 31.9 Å². The van der Waals surface area contributed by atoms with E-state index in [1.807, 2.05) is 0 Å². The number of fused-ring (bicyclic) bond motifs is 5. The molecule has 4 saturated carbocycles. The molecule has 0 amide bonds. The second kappa shape index (κ2) is 12.5. The number of carbonyl (C=O) groups is 1. The van der Waals surface area contributed by atoms with Gasteiger partial charge in [0.25, 0.3) is 0 Å². The van der Waals surface area contributed by atoms with Crippen LogP contribution in [0.4, 0.5) is 0 Å². The topological polar surface area (TPSA) is 26.3 Å². The van der Waals surface area contributed by atoms with Crippen molar-refractivity contribution in [1.82, 2.24) is 0 Å². The van der Waals surface area contributed by atoms with Crippen LogP contribution < -0.4 is 0 Å². The monoisotopic (exact) mass is 642 g/mol. The number of ether oxygens (including phenoxy) is 1. The summed E-state index contributed by atoms with van der Waals surface area (Å²) in [5.74, 6) is 3.90. The molecule has 0 saturated heterocycles. The van der Waals surface area contributed by atoms with Crippen LogP contribution in [0.2, 0.25) is 0 Å². The van der Waals surface area contributed by atoms with E-state index >= 15 is 0 Å². The van der Waals surface area contributed by atoms with Gasteiger partial charge in [-0.15, -0.1) is 0 Å². The Bertz CT molecular complexity index is 771. The van der Waals surface area contributed by atoms with Crippen LogP contribution in [0.25, 0.3) is 0 Å². The molecule has 4 rings (SSSR count). The van der Waals surface area contributed by atoms with E-state index < -0.39 is 0 Å². The SMILES string of the molecule is CCCCCCCC[C@@H]1CC[C@@H]2[C@@H]3C[C@H](Br)[C@]4(Br)C[C@@H](OC(=O)C[C@H](C)CC)CC[C@]4(C)[C@@H]3CC[C@]12C. The number of rotatable bonds is 11. The Morgan fingerprint density at radius 3 is 2.43 bits per heavy atom. The lowest BCUT2D eigenvalue weighted by Crippen LogP contribution is -2.64. The second-order valence-electron chi connectivity index (χ2n) is 14.3. The van der Waals surface area contributed by atoms with Gasteiger partial charge in [-0.3, -0.25) is 4.79 Å². The molecule has 4 heteroatoms. The van der Waals surface area contributed by atoms with Gasteiger partial charge in [0.2, 0.25) is 0 Å². The first-order chi connectivity index (χ1) is 17.6. The molecule has 0 aromatic carbocycles. The zero-order chi connectivity index (χ0) is 26.8. The largest absolute Gasteiger partial charge is 0.462 e. The molecular weight excluding hydrogens is 588 g/mol. The van der Waals surface area contributed by atoms with Crippen LogP contribution in [0, 0.1) is 40.4 Å². The van der Waals surface area contributed by atoms with Gasteiger partial charge >= 0.3 is 5.97 Å². The van der Waals surface area contributed by atoms with E-state index in [9.17, 15) is 4.79 Å². The highest BCUT2D eigenvalue weighted by Gasteiger charge is 2.66. The normalized spacial score (nSPS) is 44.0. The van der Waals surface area contributed by atoms with Gasteiger partial charge in [0, 0.05) is 22.0 Å². The number of hydrogen-bond acceptors (Lipinski definition) is 2. The molecular formula is C33H56Br2O2. The molecule has 0 radical (unpaired) electrons. The minimum Gasteiger partial charge on any atom is -0.462 e. The van der Waals surface area contributed by atoms with Crippen LogP contribution in [0.15, 0.2) is 0 Å². The fraction of sp³-hybridized carbons (Fsp3) is 0.970. The molecule has 214 valence electrons. The summed E-state index contributed by atoms with van der Waals surface area (Å²) >= 11 is 8.61. The molecule has 0 aliphatic heterocycles. The van der Waals surface area contributed by atoms with Gasteiger partial charge in [0.05, 0.1) is 0 Å². The molecule has 4 aliphatic carbocycles. The lowest BCUT2D eigenvalue weighted by atomic mass is 9.44. The summed E-state index contributed by atoms with van der Waals surface area (Å²) in [6.07, 6.45) is 21.8. The minimum absolute atomic E-state index is 0.00894. The van der Waals surface area contributed by atoms with Crippen molar-refractivity contribution in [3.63, 3.8) is 0 Å². The van der Waals surface area contributed by atoms with E-state index in [0.717, 1.165) is 42.9 Å². The first-order valence-electron chi connectivity index (χ1n) is 16.1. The fourth-order valence-corrected chi connectivity index (χ4v) is 11.8. The fourth-order valence-electron chi connectivity index (χ4n) is 9.66. The first kappa shape index (κ1) is 30.4. The second-order valence-corrected chi connectivity index (χ2v) is 16.8. The zero-order valence-electron chi connectivity index (χ0n) is 24.6. The zero-order valence-corrected chi connectivity index (χ0v) is 27.8. The summed E-state index contributed by atoms with van der Waals surface area (Å²) in [6.45, 7) is 11.9. The van der Waals surface area contributed by atoms with E-state index in [1.165, 1.54) is 83.5 Å². The van der Waals surface area contributed by atoms with E-state index in [2.05, 4.69) is 66.5 Å². The number of carbonyl (C=O) groups excluding carboxylic acids is 1. The Labute approximate surface area is 245 Å². The lowest BCUT2D eigenvalue weighted by molar-refractivity contribution is -0.158. The Morgan fingerprint density at radius 2 is 1.70 bits per heavy atom. The molecule has 0 aromatic heterocycles. The smallest absolute Gasteiger partial charge is 0.306 e. The van der Waals surface area contributed by atoms with Gasteiger partial charge in [-0.1, -0.05) is 111 Å². The van der Waals surface area contributed by atoms with Crippen molar-refractivity contribution < 1.29 is 9.53 Å². The highest BCUT2D eigenvalue weighted by molar-refractivity contribution is 9.12. The van der Waals surface area contributed by atoms with Crippen LogP contribution in [0.5, 0.6) is 0 Å². The molecule has 4 fully saturated rings. The minimum atomic E-state index is 0.00894. The van der Waals surface area contributed by atoms with Crippen molar-refractivity contribution in [3.05, 3.63) is 0 Å². The Morgan fingerprint density at radius 1 is 0.973 bits per heavy atom. The summed E-state index contributed by atoms with van der Waals surface area (Å²) in [7, 11) is 0. The molecule has 0 spiro atoms. The Balaban J connectivity index is 1.40. The van der Waals surface area contributed by atoms with Crippen LogP contribution in [0.1, 0.15) is 144 Å². The predicted octanol–water partition coefficient (Wildman–Crippen LogP) is 10.6. The molecule has 4 aliphatic rings. The number of esters is 1. The Hall–Kier alpha value is 0.430. The summed E-state index contributed by atoms with van der Waals surface area (Å²) in [6, 6.07) is 0. The van der Waals surface area contributed by atoms with Gasteiger partial charge < -0.3 is 4.74 Å². The number of unbranched alkanes of at least 4 members (excludes halogenated alkanes) is 5. The summed E-state index contributed by atoms with van der Waals surface area (Å²) < 4.78 is 6.10. The number of hydrogen-bond donors (Lipinski definition) is 0. The summed E-state index contributed by atoms with van der Waals surface area (Å²) in [5.41, 5.74) is 0.824. The van der Waals surface area contributed by atoms with Crippen molar-refractivity contribution in [2.45, 2.75) is 159 Å². The van der Waals surface area contributed by atoms with Crippen molar-refractivity contribution in [3.8, 4) is 0 Å². The Kier molecular flexibility index (Phi) is 10.3. The van der Waals surface area contributed by atoms with E-state index in [-0.39, 0.29) is 21.8 Å². The predicted molar refractivity (Wildman–Crippen MR) is 163 cm³/mol. The lowest BCUT2D eigenvalue weighted by Gasteiger charge is -2.65. The van der Waals surface area contributed by atoms with Crippen molar-refractivity contribution >= 4 is 37.8 Å². The van der Waals surface area contributed by atoms with Crippen LogP contribution in [-0.4, -0.2) is 21.2 Å². The molecule has 2 nitrogen and oxygen atoms in total. The molecule has 0 aromatic rings. The van der Waals surface area contributed by atoms with Crippen molar-refractivity contribution in [2.24, 2.45) is 40.4 Å². The van der Waals surface area contributed by atoms with Gasteiger partial charge in [-0.25, -0.2) is 0 Å². The average Bonchev–Trinajstić information content (AvgIpc) is 3.19. The molecule has 0 heterocycles. The van der Waals surface area contributed by atoms with E-state index in [0.29, 0.717) is 22.6 Å². The molecule has 0 bridgehead atoms. The van der Waals surface area contributed by atoms with Gasteiger partial charge in [0.15, 0.2) is 0 Å². The number of alkyl halides is 2. The molecule has 10 atom stereocenters. The highest BCUT2D eigenvalue weighted by atomic mass is 79.9. The third-order valence-corrected chi connectivity index (χ3v) is 15.9. The quantitative estimate of drug-likeness (QED) is 0.127. The van der Waals surface area contributed by atoms with Crippen LogP contribution in [-0.2, 0) is 9.53 Å². The van der Waals surface area contributed by atoms with Gasteiger partial charge in [-0.2, -0.15) is 0 Å². The first-order valence-corrected chi connectivity index (χ1v) is 17.8. The summed E-state index contributed by atoms with van der Waals surface area (Å²) in [4.78, 5) is 13.1. The third-order valence-electron chi connectivity index (χ3n) is 12.3. The average molecular weight is 645 g/mol. The number of halogens is 2. The molecule has 37 heavy (non-hydrogen) atoms. The van der Waals surface area contributed by atoms with Crippen molar-refractivity contribution in [2.75, 3.05) is 0 Å². The highest BCUT2D eigenvalue weighted by Crippen LogP contribution is 2.71. The standard InChI is InChI=1S/C33H56Br2O2/c1-6-8-9-10-11-12-13-24-14-15-27-26-21-29(34)33(35)22-25(37-30(36)20-23(3)7-2)16-19-32(33,5)28(26)17-18-31(24,27)4/h23-29H,6-22H2,1-5H3/t23-,24-,25+,26+,27-,28-,29+,31-,32-,33-/m1/s1. The third kappa shape index (κ3) is 5.92. The summed E-state index contributed by atoms with van der Waals surface area (Å²) in [5, 5.41) is 0. The van der Waals surface area contributed by atoms with Crippen LogP contribution in [0.3, 0.4) is 0 Å². The molecule has 0 unspecified atom stereocenters. The van der Waals surface area contributed by atoms with Gasteiger partial charge in [0.1, 0.15) is 6.10 Å². The molecule has 0 N–H and O–H groups in total. The van der Waals surface area contributed by atoms with Gasteiger partial charge in [-0.05, 0) is 91.8 Å². The maximum Gasteiger partial charge on any atom is 0.306 e. The van der Waals surface area contributed by atoms with Crippen molar-refractivity contribution in [1.29, 1.82) is 0 Å². The maximum atomic E-state index is 12.6. The van der Waals surface area contributed by atoms with E-state index in [1.54, 1.807) is 0 Å². The van der Waals surface area contributed by atoms with E-state index in [4.69, 9.17) is 4.74 Å².